The SMILES string of the molecule is COc1cccc([C@@H](CNS(=O)(=O)c2cc(F)ccc2F)N2CCOCC2)c1. The Morgan fingerprint density at radius 2 is 1.93 bits per heavy atom. The van der Waals surface area contributed by atoms with Gasteiger partial charge in [-0.3, -0.25) is 4.90 Å². The van der Waals surface area contributed by atoms with Crippen LogP contribution in [0.5, 0.6) is 5.75 Å². The molecule has 28 heavy (non-hydrogen) atoms. The van der Waals surface area contributed by atoms with Gasteiger partial charge in [0.2, 0.25) is 10.0 Å². The predicted octanol–water partition coefficient (Wildman–Crippen LogP) is 2.33. The van der Waals surface area contributed by atoms with Gasteiger partial charge in [-0.25, -0.2) is 21.9 Å². The maximum Gasteiger partial charge on any atom is 0.243 e. The molecule has 3 rings (SSSR count). The molecule has 1 saturated heterocycles. The summed E-state index contributed by atoms with van der Waals surface area (Å²) in [6.45, 7) is 2.30. The van der Waals surface area contributed by atoms with E-state index in [1.807, 2.05) is 18.2 Å². The molecule has 2 aromatic rings. The van der Waals surface area contributed by atoms with E-state index < -0.39 is 26.6 Å². The Morgan fingerprint density at radius 3 is 2.64 bits per heavy atom. The molecule has 0 aliphatic carbocycles. The van der Waals surface area contributed by atoms with Crippen LogP contribution in [0.15, 0.2) is 47.4 Å². The molecule has 6 nitrogen and oxygen atoms in total. The molecule has 1 heterocycles. The molecule has 0 unspecified atom stereocenters. The fraction of sp³-hybridized carbons (Fsp3) is 0.368. The summed E-state index contributed by atoms with van der Waals surface area (Å²) in [6, 6.07) is 9.36. The lowest BCUT2D eigenvalue weighted by Crippen LogP contribution is -2.43. The summed E-state index contributed by atoms with van der Waals surface area (Å²) in [5.74, 6) is -1.17. The number of nitrogens with one attached hydrogen (secondary N) is 1. The van der Waals surface area contributed by atoms with Crippen LogP contribution in [0, 0.1) is 11.6 Å². The number of rotatable bonds is 7. The molecule has 0 amide bonds. The van der Waals surface area contributed by atoms with E-state index in [1.54, 1.807) is 13.2 Å². The fourth-order valence-electron chi connectivity index (χ4n) is 3.15. The van der Waals surface area contributed by atoms with Gasteiger partial charge in [-0.2, -0.15) is 0 Å². The van der Waals surface area contributed by atoms with Gasteiger partial charge in [0, 0.05) is 25.7 Å². The maximum absolute atomic E-state index is 13.9. The van der Waals surface area contributed by atoms with Gasteiger partial charge in [0.1, 0.15) is 22.3 Å². The number of benzene rings is 2. The number of sulfonamides is 1. The van der Waals surface area contributed by atoms with Crippen molar-refractivity contribution in [3.05, 3.63) is 59.7 Å². The van der Waals surface area contributed by atoms with Crippen molar-refractivity contribution in [2.24, 2.45) is 0 Å². The van der Waals surface area contributed by atoms with Crippen LogP contribution in [0.3, 0.4) is 0 Å². The van der Waals surface area contributed by atoms with Crippen molar-refractivity contribution in [1.29, 1.82) is 0 Å². The van der Waals surface area contributed by atoms with Gasteiger partial charge in [0.05, 0.1) is 20.3 Å². The van der Waals surface area contributed by atoms with Crippen molar-refractivity contribution in [3.63, 3.8) is 0 Å². The van der Waals surface area contributed by atoms with E-state index >= 15 is 0 Å². The Bertz CT molecular complexity index is 918. The van der Waals surface area contributed by atoms with Crippen LogP contribution in [-0.2, 0) is 14.8 Å². The first-order valence-electron chi connectivity index (χ1n) is 8.81. The smallest absolute Gasteiger partial charge is 0.243 e. The van der Waals surface area contributed by atoms with Gasteiger partial charge in [0.25, 0.3) is 0 Å². The molecule has 0 spiro atoms. The monoisotopic (exact) mass is 412 g/mol. The van der Waals surface area contributed by atoms with Crippen LogP contribution in [0.1, 0.15) is 11.6 Å². The lowest BCUT2D eigenvalue weighted by atomic mass is 10.0. The number of methoxy groups -OCH3 is 1. The summed E-state index contributed by atoms with van der Waals surface area (Å²) >= 11 is 0. The van der Waals surface area contributed by atoms with Gasteiger partial charge in [-0.15, -0.1) is 0 Å². The molecular formula is C19H22F2N2O4S. The standard InChI is InChI=1S/C19H22F2N2O4S/c1-26-16-4-2-3-14(11-16)18(23-7-9-27-10-8-23)13-22-28(24,25)19-12-15(20)5-6-17(19)21/h2-6,11-12,18,22H,7-10,13H2,1H3/t18-/m1/s1. The first-order valence-corrected chi connectivity index (χ1v) is 10.3. The average Bonchev–Trinajstić information content (AvgIpc) is 2.71. The molecule has 1 N–H and O–H groups in total. The number of halogens is 2. The number of hydrogen-bond acceptors (Lipinski definition) is 5. The second-order valence-corrected chi connectivity index (χ2v) is 8.10. The summed E-state index contributed by atoms with van der Waals surface area (Å²) in [5.41, 5.74) is 0.851. The minimum Gasteiger partial charge on any atom is -0.497 e. The Kier molecular flexibility index (Phi) is 6.61. The van der Waals surface area contributed by atoms with Crippen LogP contribution in [0.25, 0.3) is 0 Å². The highest BCUT2D eigenvalue weighted by Crippen LogP contribution is 2.25. The van der Waals surface area contributed by atoms with Crippen LogP contribution in [-0.4, -0.2) is 53.3 Å². The summed E-state index contributed by atoms with van der Waals surface area (Å²) in [6.07, 6.45) is 0. The van der Waals surface area contributed by atoms with Crippen molar-refractivity contribution >= 4 is 10.0 Å². The summed E-state index contributed by atoms with van der Waals surface area (Å²) in [4.78, 5) is 1.38. The summed E-state index contributed by atoms with van der Waals surface area (Å²) in [7, 11) is -2.67. The van der Waals surface area contributed by atoms with Crippen molar-refractivity contribution in [2.45, 2.75) is 10.9 Å². The van der Waals surface area contributed by atoms with Crippen LogP contribution in [0.4, 0.5) is 8.78 Å². The largest absolute Gasteiger partial charge is 0.497 e. The Balaban J connectivity index is 1.85. The molecule has 2 aromatic carbocycles. The third-order valence-corrected chi connectivity index (χ3v) is 6.05. The van der Waals surface area contributed by atoms with Crippen LogP contribution in [0.2, 0.25) is 0 Å². The van der Waals surface area contributed by atoms with E-state index in [9.17, 15) is 17.2 Å². The molecule has 152 valence electrons. The number of morpholine rings is 1. The van der Waals surface area contributed by atoms with Crippen molar-refractivity contribution in [1.82, 2.24) is 9.62 Å². The summed E-state index contributed by atoms with van der Waals surface area (Å²) in [5, 5.41) is 0. The predicted molar refractivity (Wildman–Crippen MR) is 99.7 cm³/mol. The van der Waals surface area contributed by atoms with Gasteiger partial charge in [-0.1, -0.05) is 12.1 Å². The zero-order valence-corrected chi connectivity index (χ0v) is 16.2. The van der Waals surface area contributed by atoms with Crippen molar-refractivity contribution < 1.29 is 26.7 Å². The van der Waals surface area contributed by atoms with E-state index in [0.29, 0.717) is 38.1 Å². The van der Waals surface area contributed by atoms with Gasteiger partial charge >= 0.3 is 0 Å². The quantitative estimate of drug-likeness (QED) is 0.756. The first-order chi connectivity index (χ1) is 13.4. The highest BCUT2D eigenvalue weighted by atomic mass is 32.2. The highest BCUT2D eigenvalue weighted by molar-refractivity contribution is 7.89. The Labute approximate surface area is 163 Å². The molecule has 0 saturated carbocycles. The second kappa shape index (κ2) is 8.95. The van der Waals surface area contributed by atoms with E-state index in [4.69, 9.17) is 9.47 Å². The van der Waals surface area contributed by atoms with Crippen molar-refractivity contribution in [3.8, 4) is 5.75 Å². The fourth-order valence-corrected chi connectivity index (χ4v) is 4.27. The third-order valence-electron chi connectivity index (χ3n) is 4.61. The topological polar surface area (TPSA) is 67.9 Å². The molecule has 0 radical (unpaired) electrons. The molecular weight excluding hydrogens is 390 g/mol. The molecule has 9 heteroatoms. The normalized spacial score (nSPS) is 16.7. The summed E-state index contributed by atoms with van der Waals surface area (Å²) < 4.78 is 65.5. The molecule has 1 aliphatic rings. The molecule has 0 bridgehead atoms. The van der Waals surface area contributed by atoms with E-state index in [2.05, 4.69) is 9.62 Å². The Hall–Kier alpha value is -2.07. The lowest BCUT2D eigenvalue weighted by molar-refractivity contribution is 0.0171. The van der Waals surface area contributed by atoms with Crippen molar-refractivity contribution in [2.75, 3.05) is 40.0 Å². The minimum absolute atomic E-state index is 0.00848. The van der Waals surface area contributed by atoms with Gasteiger partial charge in [0.15, 0.2) is 0 Å². The van der Waals surface area contributed by atoms with Gasteiger partial charge < -0.3 is 9.47 Å². The lowest BCUT2D eigenvalue weighted by Gasteiger charge is -2.35. The zero-order valence-electron chi connectivity index (χ0n) is 15.4. The minimum atomic E-state index is -4.23. The van der Waals surface area contributed by atoms with Crippen LogP contribution < -0.4 is 9.46 Å². The molecule has 1 aliphatic heterocycles. The van der Waals surface area contributed by atoms with E-state index in [-0.39, 0.29) is 12.6 Å². The number of hydrogen-bond donors (Lipinski definition) is 1. The Morgan fingerprint density at radius 1 is 1.18 bits per heavy atom. The maximum atomic E-state index is 13.9. The molecule has 1 fully saturated rings. The van der Waals surface area contributed by atoms with Crippen LogP contribution >= 0.6 is 0 Å². The third kappa shape index (κ3) is 4.85. The number of nitrogens with zero attached hydrogens (tertiary/aromatic N) is 1. The number of ether oxygens (including phenoxy) is 2. The van der Waals surface area contributed by atoms with Gasteiger partial charge in [-0.05, 0) is 35.9 Å². The molecule has 1 atom stereocenters. The highest BCUT2D eigenvalue weighted by Gasteiger charge is 2.27. The zero-order chi connectivity index (χ0) is 20.1. The van der Waals surface area contributed by atoms with E-state index in [0.717, 1.165) is 17.7 Å². The first kappa shape index (κ1) is 20.7. The van der Waals surface area contributed by atoms with E-state index in [1.165, 1.54) is 0 Å². The molecule has 0 aromatic heterocycles. The average molecular weight is 412 g/mol. The second-order valence-electron chi connectivity index (χ2n) is 6.37.